The molecule has 0 spiro atoms. The molecule has 0 fully saturated rings. The molecule has 25 heavy (non-hydrogen) atoms. The van der Waals surface area contributed by atoms with E-state index in [-0.39, 0.29) is 11.9 Å². The van der Waals surface area contributed by atoms with Crippen molar-refractivity contribution in [3.8, 4) is 17.2 Å². The first kappa shape index (κ1) is 18.3. The van der Waals surface area contributed by atoms with E-state index in [1.807, 2.05) is 13.8 Å². The Morgan fingerprint density at radius 2 is 2.04 bits per heavy atom. The fourth-order valence-electron chi connectivity index (χ4n) is 2.26. The van der Waals surface area contributed by atoms with Crippen LogP contribution < -0.4 is 15.1 Å². The number of ketones is 1. The molecule has 1 aromatic heterocycles. The van der Waals surface area contributed by atoms with E-state index in [1.165, 1.54) is 32.3 Å². The smallest absolute Gasteiger partial charge is 0.351 e. The number of rotatable bonds is 6. The highest BCUT2D eigenvalue weighted by Crippen LogP contribution is 2.33. The molecule has 2 aromatic rings. The molecule has 6 heteroatoms. The van der Waals surface area contributed by atoms with Crippen LogP contribution in [0.25, 0.3) is 6.08 Å². The predicted molar refractivity (Wildman–Crippen MR) is 93.5 cm³/mol. The van der Waals surface area contributed by atoms with Crippen molar-refractivity contribution >= 4 is 11.9 Å². The number of para-hydroxylation sites is 1. The number of methoxy groups -OCH3 is 1. The lowest BCUT2D eigenvalue weighted by atomic mass is 10.1. The molecule has 2 rings (SSSR count). The van der Waals surface area contributed by atoms with Crippen molar-refractivity contribution < 1.29 is 23.8 Å². The number of benzene rings is 1. The average Bonchev–Trinajstić information content (AvgIpc) is 2.52. The van der Waals surface area contributed by atoms with E-state index in [2.05, 4.69) is 0 Å². The van der Waals surface area contributed by atoms with E-state index in [0.717, 1.165) is 0 Å². The van der Waals surface area contributed by atoms with Crippen LogP contribution in [0.4, 0.5) is 0 Å². The van der Waals surface area contributed by atoms with Crippen molar-refractivity contribution in [2.24, 2.45) is 0 Å². The van der Waals surface area contributed by atoms with Crippen molar-refractivity contribution in [1.29, 1.82) is 0 Å². The summed E-state index contributed by atoms with van der Waals surface area (Å²) in [5.41, 5.74) is -0.676. The maximum atomic E-state index is 12.3. The molecule has 0 radical (unpaired) electrons. The highest BCUT2D eigenvalue weighted by Gasteiger charge is 2.17. The van der Waals surface area contributed by atoms with Crippen molar-refractivity contribution in [1.82, 2.24) is 0 Å². The van der Waals surface area contributed by atoms with Gasteiger partial charge in [0.1, 0.15) is 17.1 Å². The first-order valence-electron chi connectivity index (χ1n) is 7.73. The third-order valence-electron chi connectivity index (χ3n) is 3.30. The third kappa shape index (κ3) is 4.29. The number of hydrogen-bond acceptors (Lipinski definition) is 6. The predicted octanol–water partition coefficient (Wildman–Crippen LogP) is 3.35. The SMILES string of the molecule is COc1cccc(/C=C/C(=O)c2c(O)cc(C)oc2=O)c1OC(C)C. The summed E-state index contributed by atoms with van der Waals surface area (Å²) in [5.74, 6) is 0.172. The number of carbonyl (C=O) groups is 1. The molecule has 6 nitrogen and oxygen atoms in total. The summed E-state index contributed by atoms with van der Waals surface area (Å²) in [4.78, 5) is 24.1. The minimum Gasteiger partial charge on any atom is -0.507 e. The normalized spacial score (nSPS) is 11.1. The fourth-order valence-corrected chi connectivity index (χ4v) is 2.26. The first-order valence-corrected chi connectivity index (χ1v) is 7.73. The van der Waals surface area contributed by atoms with Crippen LogP contribution in [-0.2, 0) is 0 Å². The molecule has 0 saturated carbocycles. The van der Waals surface area contributed by atoms with Crippen LogP contribution in [0.15, 0.2) is 39.6 Å². The van der Waals surface area contributed by atoms with Gasteiger partial charge < -0.3 is 19.0 Å². The molecule has 1 aromatic carbocycles. The van der Waals surface area contributed by atoms with Gasteiger partial charge in [0.05, 0.1) is 13.2 Å². The van der Waals surface area contributed by atoms with Gasteiger partial charge in [-0.25, -0.2) is 4.79 Å². The van der Waals surface area contributed by atoms with E-state index in [4.69, 9.17) is 13.9 Å². The lowest BCUT2D eigenvalue weighted by Gasteiger charge is -2.15. The number of carbonyl (C=O) groups excluding carboxylic acids is 1. The Balaban J connectivity index is 2.40. The second-order valence-electron chi connectivity index (χ2n) is 5.65. The Bertz CT molecular complexity index is 861. The lowest BCUT2D eigenvalue weighted by Crippen LogP contribution is -2.13. The summed E-state index contributed by atoms with van der Waals surface area (Å²) >= 11 is 0. The van der Waals surface area contributed by atoms with Crippen molar-refractivity contribution in [3.05, 3.63) is 57.6 Å². The van der Waals surface area contributed by atoms with E-state index in [9.17, 15) is 14.7 Å². The highest BCUT2D eigenvalue weighted by molar-refractivity contribution is 6.08. The molecule has 1 N–H and O–H groups in total. The van der Waals surface area contributed by atoms with Crippen LogP contribution >= 0.6 is 0 Å². The summed E-state index contributed by atoms with van der Waals surface area (Å²) in [6, 6.07) is 6.48. The molecule has 0 unspecified atom stereocenters. The molecular formula is C19H20O6. The minimum absolute atomic E-state index is 0.0904. The van der Waals surface area contributed by atoms with Crippen molar-refractivity contribution in [2.75, 3.05) is 7.11 Å². The fraction of sp³-hybridized carbons (Fsp3) is 0.263. The zero-order chi connectivity index (χ0) is 18.6. The topological polar surface area (TPSA) is 86.0 Å². The van der Waals surface area contributed by atoms with Gasteiger partial charge in [-0.3, -0.25) is 4.79 Å². The Morgan fingerprint density at radius 1 is 1.32 bits per heavy atom. The molecule has 0 atom stereocenters. The monoisotopic (exact) mass is 344 g/mol. The van der Waals surface area contributed by atoms with Crippen LogP contribution in [0.3, 0.4) is 0 Å². The van der Waals surface area contributed by atoms with E-state index < -0.39 is 22.7 Å². The number of hydrogen-bond donors (Lipinski definition) is 1. The minimum atomic E-state index is -0.878. The van der Waals surface area contributed by atoms with Crippen LogP contribution in [0, 0.1) is 6.92 Å². The molecule has 0 amide bonds. The average molecular weight is 344 g/mol. The molecule has 0 saturated heterocycles. The quantitative estimate of drug-likeness (QED) is 0.639. The van der Waals surface area contributed by atoms with Crippen LogP contribution in [0.5, 0.6) is 17.2 Å². The molecule has 132 valence electrons. The van der Waals surface area contributed by atoms with Gasteiger partial charge in [-0.05, 0) is 39.0 Å². The summed E-state index contributed by atoms with van der Waals surface area (Å²) in [6.07, 6.45) is 2.59. The second-order valence-corrected chi connectivity index (χ2v) is 5.65. The number of ether oxygens (including phenoxy) is 2. The maximum Gasteiger partial charge on any atom is 0.351 e. The molecule has 0 aliphatic rings. The van der Waals surface area contributed by atoms with E-state index >= 15 is 0 Å². The summed E-state index contributed by atoms with van der Waals surface area (Å²) in [6.45, 7) is 5.26. The van der Waals surface area contributed by atoms with Gasteiger partial charge in [0.25, 0.3) is 0 Å². The largest absolute Gasteiger partial charge is 0.507 e. The van der Waals surface area contributed by atoms with Gasteiger partial charge in [-0.15, -0.1) is 0 Å². The van der Waals surface area contributed by atoms with Crippen molar-refractivity contribution in [2.45, 2.75) is 26.9 Å². The van der Waals surface area contributed by atoms with Gasteiger partial charge in [-0.1, -0.05) is 12.1 Å². The van der Waals surface area contributed by atoms with Gasteiger partial charge in [0.2, 0.25) is 0 Å². The maximum absolute atomic E-state index is 12.3. The number of allylic oxidation sites excluding steroid dienone is 1. The third-order valence-corrected chi connectivity index (χ3v) is 3.30. The van der Waals surface area contributed by atoms with Gasteiger partial charge in [-0.2, -0.15) is 0 Å². The Labute approximate surface area is 145 Å². The summed E-state index contributed by atoms with van der Waals surface area (Å²) in [7, 11) is 1.52. The molecular weight excluding hydrogens is 324 g/mol. The Hall–Kier alpha value is -3.02. The summed E-state index contributed by atoms with van der Waals surface area (Å²) in [5, 5.41) is 9.84. The van der Waals surface area contributed by atoms with Crippen LogP contribution in [0.2, 0.25) is 0 Å². The first-order chi connectivity index (χ1) is 11.8. The van der Waals surface area contributed by atoms with E-state index in [0.29, 0.717) is 17.1 Å². The zero-order valence-electron chi connectivity index (χ0n) is 14.5. The van der Waals surface area contributed by atoms with Gasteiger partial charge in [0, 0.05) is 11.6 Å². The standard InChI is InChI=1S/C19H20O6/c1-11(2)24-18-13(6-5-7-16(18)23-4)8-9-14(20)17-15(21)10-12(3)25-19(17)22/h5-11,21H,1-4H3/b9-8+. The number of aryl methyl sites for hydroxylation is 1. The zero-order valence-corrected chi connectivity index (χ0v) is 14.5. The Morgan fingerprint density at radius 3 is 2.64 bits per heavy atom. The highest BCUT2D eigenvalue weighted by atomic mass is 16.5. The number of aromatic hydroxyl groups is 1. The Kier molecular flexibility index (Phi) is 5.64. The molecule has 1 heterocycles. The van der Waals surface area contributed by atoms with Gasteiger partial charge >= 0.3 is 5.63 Å². The van der Waals surface area contributed by atoms with Crippen LogP contribution in [0.1, 0.15) is 35.5 Å². The molecule has 0 aliphatic carbocycles. The van der Waals surface area contributed by atoms with E-state index in [1.54, 1.807) is 18.2 Å². The second kappa shape index (κ2) is 7.70. The molecule has 0 aliphatic heterocycles. The van der Waals surface area contributed by atoms with Crippen molar-refractivity contribution in [3.63, 3.8) is 0 Å². The van der Waals surface area contributed by atoms with Crippen LogP contribution in [-0.4, -0.2) is 24.1 Å². The van der Waals surface area contributed by atoms with Gasteiger partial charge in [0.15, 0.2) is 17.3 Å². The summed E-state index contributed by atoms with van der Waals surface area (Å²) < 4.78 is 15.9. The lowest BCUT2D eigenvalue weighted by molar-refractivity contribution is 0.104. The molecule has 0 bridgehead atoms.